The van der Waals surface area contributed by atoms with Crippen molar-refractivity contribution in [2.24, 2.45) is 0 Å². The fraction of sp³-hybridized carbons (Fsp3) is 0.263. The summed E-state index contributed by atoms with van der Waals surface area (Å²) >= 11 is 0. The van der Waals surface area contributed by atoms with Gasteiger partial charge in [0.1, 0.15) is 5.82 Å². The van der Waals surface area contributed by atoms with E-state index in [9.17, 15) is 14.0 Å². The highest BCUT2D eigenvalue weighted by atomic mass is 19.1. The van der Waals surface area contributed by atoms with Crippen molar-refractivity contribution < 1.29 is 18.7 Å². The van der Waals surface area contributed by atoms with Gasteiger partial charge in [0.2, 0.25) is 0 Å². The molecule has 0 N–H and O–H groups in total. The number of hydrogen-bond acceptors (Lipinski definition) is 4. The van der Waals surface area contributed by atoms with E-state index in [1.54, 1.807) is 25.1 Å². The zero-order valence-corrected chi connectivity index (χ0v) is 14.5. The van der Waals surface area contributed by atoms with Crippen LogP contribution < -0.4 is 9.80 Å². The molecule has 132 valence electrons. The molecule has 0 aliphatic rings. The van der Waals surface area contributed by atoms with Crippen molar-refractivity contribution >= 4 is 23.3 Å². The van der Waals surface area contributed by atoms with Gasteiger partial charge in [-0.2, -0.15) is 0 Å². The zero-order chi connectivity index (χ0) is 18.4. The van der Waals surface area contributed by atoms with E-state index in [2.05, 4.69) is 0 Å². The van der Waals surface area contributed by atoms with Crippen LogP contribution >= 0.6 is 0 Å². The van der Waals surface area contributed by atoms with Crippen LogP contribution in [-0.4, -0.2) is 39.1 Å². The third kappa shape index (κ3) is 4.79. The number of benzene rings is 2. The fourth-order valence-corrected chi connectivity index (χ4v) is 2.32. The van der Waals surface area contributed by atoms with Crippen LogP contribution in [0, 0.1) is 5.82 Å². The molecule has 0 saturated heterocycles. The van der Waals surface area contributed by atoms with Crippen molar-refractivity contribution in [3.8, 4) is 0 Å². The summed E-state index contributed by atoms with van der Waals surface area (Å²) in [6.45, 7) is 1.80. The minimum absolute atomic E-state index is 0.369. The predicted octanol–water partition coefficient (Wildman–Crippen LogP) is 3.10. The SMILES string of the molecule is CCN(C(=O)COC(=O)c1cccc(N(C)C)c1)c1ccc(F)cc1. The summed E-state index contributed by atoms with van der Waals surface area (Å²) in [7, 11) is 3.74. The van der Waals surface area contributed by atoms with E-state index < -0.39 is 5.97 Å². The Hall–Kier alpha value is -2.89. The van der Waals surface area contributed by atoms with Gasteiger partial charge in [-0.25, -0.2) is 9.18 Å². The average Bonchev–Trinajstić information content (AvgIpc) is 2.62. The molecule has 0 bridgehead atoms. The number of amides is 1. The topological polar surface area (TPSA) is 49.9 Å². The van der Waals surface area contributed by atoms with Crippen molar-refractivity contribution in [3.05, 3.63) is 59.9 Å². The van der Waals surface area contributed by atoms with Crippen LogP contribution in [0.1, 0.15) is 17.3 Å². The van der Waals surface area contributed by atoms with E-state index in [1.165, 1.54) is 29.2 Å². The summed E-state index contributed by atoms with van der Waals surface area (Å²) in [5.41, 5.74) is 1.80. The van der Waals surface area contributed by atoms with Crippen molar-refractivity contribution in [1.82, 2.24) is 0 Å². The normalized spacial score (nSPS) is 10.2. The number of carbonyl (C=O) groups is 2. The molecule has 0 spiro atoms. The lowest BCUT2D eigenvalue weighted by Gasteiger charge is -2.21. The van der Waals surface area contributed by atoms with Crippen LogP contribution in [0.3, 0.4) is 0 Å². The lowest BCUT2D eigenvalue weighted by Crippen LogP contribution is -2.34. The number of rotatable bonds is 6. The molecule has 0 aliphatic heterocycles. The Labute approximate surface area is 146 Å². The third-order valence-corrected chi connectivity index (χ3v) is 3.68. The van der Waals surface area contributed by atoms with Gasteiger partial charge >= 0.3 is 5.97 Å². The molecule has 0 radical (unpaired) electrons. The molecule has 0 aromatic heterocycles. The molecular formula is C19H21FN2O3. The molecule has 0 unspecified atom stereocenters. The van der Waals surface area contributed by atoms with Gasteiger partial charge in [-0.15, -0.1) is 0 Å². The highest BCUT2D eigenvalue weighted by molar-refractivity contribution is 5.97. The Morgan fingerprint density at radius 1 is 1.04 bits per heavy atom. The number of likely N-dealkylation sites (N-methyl/N-ethyl adjacent to an activating group) is 1. The van der Waals surface area contributed by atoms with Crippen molar-refractivity contribution in [2.75, 3.05) is 37.0 Å². The zero-order valence-electron chi connectivity index (χ0n) is 14.5. The Morgan fingerprint density at radius 2 is 1.72 bits per heavy atom. The maximum atomic E-state index is 13.0. The minimum atomic E-state index is -0.563. The summed E-state index contributed by atoms with van der Waals surface area (Å²) in [5, 5.41) is 0. The lowest BCUT2D eigenvalue weighted by atomic mass is 10.2. The fourth-order valence-electron chi connectivity index (χ4n) is 2.32. The maximum Gasteiger partial charge on any atom is 0.338 e. The van der Waals surface area contributed by atoms with Crippen molar-refractivity contribution in [2.45, 2.75) is 6.92 Å². The van der Waals surface area contributed by atoms with Crippen molar-refractivity contribution in [3.63, 3.8) is 0 Å². The van der Waals surface area contributed by atoms with E-state index in [0.717, 1.165) is 5.69 Å². The number of anilines is 2. The molecule has 0 aliphatic carbocycles. The second-order valence-electron chi connectivity index (χ2n) is 5.64. The summed E-state index contributed by atoms with van der Waals surface area (Å²) < 4.78 is 18.1. The number of halogens is 1. The van der Waals surface area contributed by atoms with Crippen LogP contribution in [0.4, 0.5) is 15.8 Å². The lowest BCUT2D eigenvalue weighted by molar-refractivity contribution is -0.121. The molecule has 2 aromatic rings. The summed E-state index contributed by atoms with van der Waals surface area (Å²) in [5.74, 6) is -1.31. The summed E-state index contributed by atoms with van der Waals surface area (Å²) in [6, 6.07) is 12.5. The van der Waals surface area contributed by atoms with Gasteiger partial charge in [0.15, 0.2) is 6.61 Å². The molecule has 0 heterocycles. The van der Waals surface area contributed by atoms with Crippen LogP contribution in [-0.2, 0) is 9.53 Å². The second-order valence-corrected chi connectivity index (χ2v) is 5.64. The molecule has 0 atom stereocenters. The highest BCUT2D eigenvalue weighted by Gasteiger charge is 2.17. The Bertz CT molecular complexity index is 745. The molecule has 2 aromatic carbocycles. The van der Waals surface area contributed by atoms with Gasteiger partial charge in [-0.1, -0.05) is 6.07 Å². The molecule has 25 heavy (non-hydrogen) atoms. The van der Waals surface area contributed by atoms with E-state index in [4.69, 9.17) is 4.74 Å². The van der Waals surface area contributed by atoms with Gasteiger partial charge in [0.05, 0.1) is 5.56 Å². The first-order chi connectivity index (χ1) is 11.9. The third-order valence-electron chi connectivity index (χ3n) is 3.68. The van der Waals surface area contributed by atoms with Gasteiger partial charge < -0.3 is 14.5 Å². The molecule has 0 saturated carbocycles. The van der Waals surface area contributed by atoms with Crippen LogP contribution in [0.25, 0.3) is 0 Å². The standard InChI is InChI=1S/C19H21FN2O3/c1-4-22(16-10-8-15(20)9-11-16)18(23)13-25-19(24)14-6-5-7-17(12-14)21(2)3/h5-12H,4,13H2,1-3H3. The van der Waals surface area contributed by atoms with E-state index in [0.29, 0.717) is 17.8 Å². The van der Waals surface area contributed by atoms with Gasteiger partial charge in [-0.05, 0) is 49.4 Å². The smallest absolute Gasteiger partial charge is 0.338 e. The Morgan fingerprint density at radius 3 is 2.32 bits per heavy atom. The first-order valence-corrected chi connectivity index (χ1v) is 7.92. The largest absolute Gasteiger partial charge is 0.452 e. The molecule has 6 heteroatoms. The van der Waals surface area contributed by atoms with Crippen LogP contribution in [0.15, 0.2) is 48.5 Å². The van der Waals surface area contributed by atoms with E-state index in [-0.39, 0.29) is 18.3 Å². The van der Waals surface area contributed by atoms with Gasteiger partial charge in [-0.3, -0.25) is 4.79 Å². The Kier molecular flexibility index (Phi) is 6.11. The van der Waals surface area contributed by atoms with E-state index in [1.807, 2.05) is 25.1 Å². The molecule has 1 amide bonds. The molecule has 0 fully saturated rings. The predicted molar refractivity (Wildman–Crippen MR) is 95.5 cm³/mol. The number of esters is 1. The van der Waals surface area contributed by atoms with E-state index >= 15 is 0 Å². The number of ether oxygens (including phenoxy) is 1. The minimum Gasteiger partial charge on any atom is -0.452 e. The molecular weight excluding hydrogens is 323 g/mol. The average molecular weight is 344 g/mol. The highest BCUT2D eigenvalue weighted by Crippen LogP contribution is 2.16. The summed E-state index contributed by atoms with van der Waals surface area (Å²) in [4.78, 5) is 27.8. The maximum absolute atomic E-state index is 13.0. The Balaban J connectivity index is 2.01. The van der Waals surface area contributed by atoms with Gasteiger partial charge in [0, 0.05) is 32.0 Å². The first-order valence-electron chi connectivity index (χ1n) is 7.92. The molecule has 2 rings (SSSR count). The second kappa shape index (κ2) is 8.28. The molecule has 5 nitrogen and oxygen atoms in total. The van der Waals surface area contributed by atoms with Gasteiger partial charge in [0.25, 0.3) is 5.91 Å². The van der Waals surface area contributed by atoms with Crippen LogP contribution in [0.5, 0.6) is 0 Å². The first kappa shape index (κ1) is 18.4. The number of nitrogens with zero attached hydrogens (tertiary/aromatic N) is 2. The monoisotopic (exact) mass is 344 g/mol. The van der Waals surface area contributed by atoms with Crippen molar-refractivity contribution in [1.29, 1.82) is 0 Å². The quantitative estimate of drug-likeness (QED) is 0.756. The number of hydrogen-bond donors (Lipinski definition) is 0. The van der Waals surface area contributed by atoms with Crippen LogP contribution in [0.2, 0.25) is 0 Å². The summed E-state index contributed by atoms with van der Waals surface area (Å²) in [6.07, 6.45) is 0. The number of carbonyl (C=O) groups excluding carboxylic acids is 2.